The van der Waals surface area contributed by atoms with Gasteiger partial charge in [0.05, 0.1) is 11.4 Å². The lowest BCUT2D eigenvalue weighted by Gasteiger charge is -2.20. The molecule has 0 saturated heterocycles. The van der Waals surface area contributed by atoms with Crippen LogP contribution >= 0.6 is 0 Å². The van der Waals surface area contributed by atoms with Gasteiger partial charge in [0.2, 0.25) is 0 Å². The number of rotatable bonds is 3. The maximum absolute atomic E-state index is 6.08. The van der Waals surface area contributed by atoms with E-state index < -0.39 is 0 Å². The Bertz CT molecular complexity index is 537. The first-order chi connectivity index (χ1) is 8.84. The van der Waals surface area contributed by atoms with E-state index in [4.69, 9.17) is 5.73 Å². The maximum atomic E-state index is 6.08. The average molecular weight is 239 g/mol. The molecule has 0 radical (unpaired) electrons. The zero-order chi connectivity index (χ0) is 12.4. The molecule has 1 aliphatic rings. The van der Waals surface area contributed by atoms with E-state index in [1.165, 1.54) is 16.8 Å². The Labute approximate surface area is 107 Å². The molecule has 3 heteroatoms. The Hall–Kier alpha value is -2.03. The molecule has 1 aromatic heterocycles. The van der Waals surface area contributed by atoms with Gasteiger partial charge in [-0.15, -0.1) is 0 Å². The second-order valence-corrected chi connectivity index (χ2v) is 4.70. The van der Waals surface area contributed by atoms with Gasteiger partial charge in [0.25, 0.3) is 0 Å². The van der Waals surface area contributed by atoms with E-state index in [-0.39, 0.29) is 0 Å². The largest absolute Gasteiger partial charge is 0.397 e. The van der Waals surface area contributed by atoms with Crippen molar-refractivity contribution in [3.05, 3.63) is 53.9 Å². The van der Waals surface area contributed by atoms with Gasteiger partial charge in [-0.1, -0.05) is 12.1 Å². The summed E-state index contributed by atoms with van der Waals surface area (Å²) in [5.74, 6) is 0. The summed E-state index contributed by atoms with van der Waals surface area (Å²) in [6, 6.07) is 10.4. The van der Waals surface area contributed by atoms with Crippen molar-refractivity contribution in [2.45, 2.75) is 12.8 Å². The van der Waals surface area contributed by atoms with Crippen LogP contribution in [-0.2, 0) is 12.8 Å². The first-order valence-corrected chi connectivity index (χ1v) is 6.36. The van der Waals surface area contributed by atoms with Gasteiger partial charge in [-0.05, 0) is 42.2 Å². The smallest absolute Gasteiger partial charge is 0.0633 e. The molecule has 3 rings (SSSR count). The highest BCUT2D eigenvalue weighted by molar-refractivity contribution is 5.74. The Morgan fingerprint density at radius 3 is 2.83 bits per heavy atom. The lowest BCUT2D eigenvalue weighted by molar-refractivity contribution is 0.813. The van der Waals surface area contributed by atoms with Crippen LogP contribution < -0.4 is 10.6 Å². The zero-order valence-electron chi connectivity index (χ0n) is 10.3. The third-order valence-electron chi connectivity index (χ3n) is 3.54. The lowest BCUT2D eigenvalue weighted by Crippen LogP contribution is -2.24. The summed E-state index contributed by atoms with van der Waals surface area (Å²) in [6.07, 6.45) is 5.84. The van der Waals surface area contributed by atoms with Gasteiger partial charge >= 0.3 is 0 Å². The molecule has 1 aromatic carbocycles. The van der Waals surface area contributed by atoms with Gasteiger partial charge in [-0.3, -0.25) is 4.98 Å². The number of hydrogen-bond acceptors (Lipinski definition) is 3. The number of fused-ring (bicyclic) bond motifs is 1. The first-order valence-electron chi connectivity index (χ1n) is 6.36. The third-order valence-corrected chi connectivity index (χ3v) is 3.54. The van der Waals surface area contributed by atoms with Gasteiger partial charge in [0, 0.05) is 25.5 Å². The maximum Gasteiger partial charge on any atom is 0.0633 e. The Morgan fingerprint density at radius 2 is 2.00 bits per heavy atom. The molecular formula is C15H17N3. The monoisotopic (exact) mass is 239 g/mol. The standard InChI is InChI=1S/C15H17N3/c16-14-3-1-2-13-7-11-18(15(13)14)10-6-12-4-8-17-9-5-12/h1-5,8-9H,6-7,10-11,16H2. The Morgan fingerprint density at radius 1 is 1.17 bits per heavy atom. The normalized spacial score (nSPS) is 13.7. The quantitative estimate of drug-likeness (QED) is 0.835. The molecule has 0 fully saturated rings. The molecule has 0 aliphatic carbocycles. The number of nitrogens with two attached hydrogens (primary N) is 1. The molecule has 0 bridgehead atoms. The van der Waals surface area contributed by atoms with E-state index in [1.807, 2.05) is 24.5 Å². The fourth-order valence-electron chi connectivity index (χ4n) is 2.60. The van der Waals surface area contributed by atoms with Crippen LogP contribution in [-0.4, -0.2) is 18.1 Å². The highest BCUT2D eigenvalue weighted by atomic mass is 15.2. The number of pyridine rings is 1. The van der Waals surface area contributed by atoms with E-state index in [0.717, 1.165) is 31.6 Å². The van der Waals surface area contributed by atoms with Crippen LogP contribution in [0, 0.1) is 0 Å². The van der Waals surface area contributed by atoms with E-state index in [1.54, 1.807) is 0 Å². The second-order valence-electron chi connectivity index (χ2n) is 4.70. The highest BCUT2D eigenvalue weighted by Gasteiger charge is 2.20. The van der Waals surface area contributed by atoms with Crippen molar-refractivity contribution in [3.8, 4) is 0 Å². The van der Waals surface area contributed by atoms with Crippen molar-refractivity contribution in [2.24, 2.45) is 0 Å². The van der Waals surface area contributed by atoms with Crippen LogP contribution in [0.2, 0.25) is 0 Å². The van der Waals surface area contributed by atoms with E-state index in [2.05, 4.69) is 28.1 Å². The van der Waals surface area contributed by atoms with Crippen LogP contribution in [0.4, 0.5) is 11.4 Å². The van der Waals surface area contributed by atoms with Crippen molar-refractivity contribution >= 4 is 11.4 Å². The van der Waals surface area contributed by atoms with Crippen molar-refractivity contribution in [3.63, 3.8) is 0 Å². The Kier molecular flexibility index (Phi) is 2.89. The molecule has 0 atom stereocenters. The molecule has 0 unspecified atom stereocenters. The molecule has 18 heavy (non-hydrogen) atoms. The number of aromatic nitrogens is 1. The molecule has 0 saturated carbocycles. The van der Waals surface area contributed by atoms with Crippen molar-refractivity contribution in [1.29, 1.82) is 0 Å². The molecule has 2 N–H and O–H groups in total. The van der Waals surface area contributed by atoms with Crippen molar-refractivity contribution in [1.82, 2.24) is 4.98 Å². The average Bonchev–Trinajstić information content (AvgIpc) is 2.82. The second kappa shape index (κ2) is 4.69. The number of para-hydroxylation sites is 1. The van der Waals surface area contributed by atoms with E-state index >= 15 is 0 Å². The molecule has 0 amide bonds. The molecule has 2 heterocycles. The summed E-state index contributed by atoms with van der Waals surface area (Å²) in [5.41, 5.74) is 10.9. The minimum atomic E-state index is 0.903. The number of nitrogen functional groups attached to an aromatic ring is 1. The summed E-state index contributed by atoms with van der Waals surface area (Å²) in [7, 11) is 0. The molecule has 3 nitrogen and oxygen atoms in total. The number of anilines is 2. The van der Waals surface area contributed by atoms with Gasteiger partial charge in [0.1, 0.15) is 0 Å². The van der Waals surface area contributed by atoms with E-state index in [9.17, 15) is 0 Å². The minimum Gasteiger partial charge on any atom is -0.397 e. The first kappa shape index (κ1) is 11.1. The summed E-state index contributed by atoms with van der Waals surface area (Å²) < 4.78 is 0. The van der Waals surface area contributed by atoms with Crippen LogP contribution in [0.15, 0.2) is 42.7 Å². The molecule has 92 valence electrons. The molecule has 1 aliphatic heterocycles. The van der Waals surface area contributed by atoms with Crippen LogP contribution in [0.5, 0.6) is 0 Å². The molecule has 0 spiro atoms. The Balaban J connectivity index is 1.74. The van der Waals surface area contributed by atoms with Crippen molar-refractivity contribution < 1.29 is 0 Å². The fraction of sp³-hybridized carbons (Fsp3) is 0.267. The topological polar surface area (TPSA) is 42.1 Å². The third kappa shape index (κ3) is 2.04. The number of nitrogens with zero attached hydrogens (tertiary/aromatic N) is 2. The minimum absolute atomic E-state index is 0.903. The van der Waals surface area contributed by atoms with Gasteiger partial charge < -0.3 is 10.6 Å². The summed E-state index contributed by atoms with van der Waals surface area (Å²) in [5, 5.41) is 0. The zero-order valence-corrected chi connectivity index (χ0v) is 10.3. The fourth-order valence-corrected chi connectivity index (χ4v) is 2.60. The van der Waals surface area contributed by atoms with Crippen LogP contribution in [0.25, 0.3) is 0 Å². The lowest BCUT2D eigenvalue weighted by atomic mass is 10.1. The number of hydrogen-bond donors (Lipinski definition) is 1. The van der Waals surface area contributed by atoms with E-state index in [0.29, 0.717) is 0 Å². The SMILES string of the molecule is Nc1cccc2c1N(CCc1ccncc1)CC2. The van der Waals surface area contributed by atoms with Gasteiger partial charge in [-0.2, -0.15) is 0 Å². The van der Waals surface area contributed by atoms with Gasteiger partial charge in [-0.25, -0.2) is 0 Å². The summed E-state index contributed by atoms with van der Waals surface area (Å²) in [4.78, 5) is 6.44. The predicted octanol–water partition coefficient (Wildman–Crippen LogP) is 2.27. The highest BCUT2D eigenvalue weighted by Crippen LogP contribution is 2.33. The van der Waals surface area contributed by atoms with Gasteiger partial charge in [0.15, 0.2) is 0 Å². The van der Waals surface area contributed by atoms with Crippen LogP contribution in [0.3, 0.4) is 0 Å². The summed E-state index contributed by atoms with van der Waals surface area (Å²) in [6.45, 7) is 2.10. The predicted molar refractivity (Wildman–Crippen MR) is 74.7 cm³/mol. The summed E-state index contributed by atoms with van der Waals surface area (Å²) >= 11 is 0. The van der Waals surface area contributed by atoms with Crippen molar-refractivity contribution in [2.75, 3.05) is 23.7 Å². The van der Waals surface area contributed by atoms with Crippen LogP contribution in [0.1, 0.15) is 11.1 Å². The number of benzene rings is 1. The molecule has 2 aromatic rings. The molecular weight excluding hydrogens is 222 g/mol.